The summed E-state index contributed by atoms with van der Waals surface area (Å²) in [7, 11) is 0. The van der Waals surface area contributed by atoms with E-state index in [-0.39, 0.29) is 17.1 Å². The summed E-state index contributed by atoms with van der Waals surface area (Å²) >= 11 is 0. The minimum atomic E-state index is -0.233. The van der Waals surface area contributed by atoms with Gasteiger partial charge in [-0.15, -0.1) is 0 Å². The summed E-state index contributed by atoms with van der Waals surface area (Å²) in [4.78, 5) is 25.6. The van der Waals surface area contributed by atoms with Crippen molar-refractivity contribution in [3.05, 3.63) is 0 Å². The van der Waals surface area contributed by atoms with Crippen LogP contribution in [0.1, 0.15) is 58.8 Å². The maximum Gasteiger partial charge on any atom is 0.222 e. The number of hydrogen-bond acceptors (Lipinski definition) is 2. The number of piperidine rings is 1. The van der Waals surface area contributed by atoms with Gasteiger partial charge in [-0.2, -0.15) is 0 Å². The highest BCUT2D eigenvalue weighted by Gasteiger charge is 2.35. The molecule has 0 N–H and O–H groups in total. The van der Waals surface area contributed by atoms with Gasteiger partial charge in [0.25, 0.3) is 0 Å². The first-order valence-corrected chi connectivity index (χ1v) is 7.30. The highest BCUT2D eigenvalue weighted by Crippen LogP contribution is 2.31. The number of ketones is 1. The lowest BCUT2D eigenvalue weighted by atomic mass is 9.81. The van der Waals surface area contributed by atoms with Crippen LogP contribution in [0.15, 0.2) is 0 Å². The fourth-order valence-corrected chi connectivity index (χ4v) is 2.71. The maximum atomic E-state index is 12.0. The lowest BCUT2D eigenvalue weighted by Gasteiger charge is -2.35. The highest BCUT2D eigenvalue weighted by atomic mass is 16.2. The van der Waals surface area contributed by atoms with E-state index in [1.807, 2.05) is 13.8 Å². The van der Waals surface area contributed by atoms with Crippen molar-refractivity contribution in [3.8, 4) is 0 Å². The van der Waals surface area contributed by atoms with Crippen molar-refractivity contribution in [2.45, 2.75) is 58.8 Å². The maximum absolute atomic E-state index is 12.0. The number of rotatable bonds is 4. The van der Waals surface area contributed by atoms with Crippen molar-refractivity contribution in [1.29, 1.82) is 0 Å². The average Bonchev–Trinajstić information content (AvgIpc) is 2.25. The van der Waals surface area contributed by atoms with E-state index in [0.717, 1.165) is 25.3 Å². The Morgan fingerprint density at radius 1 is 1.39 bits per heavy atom. The van der Waals surface area contributed by atoms with Crippen LogP contribution in [0.25, 0.3) is 0 Å². The third-order valence-electron chi connectivity index (χ3n) is 4.68. The summed E-state index contributed by atoms with van der Waals surface area (Å²) in [5.41, 5.74) is -0.233. The Morgan fingerprint density at radius 2 is 2.11 bits per heavy atom. The van der Waals surface area contributed by atoms with Gasteiger partial charge in [0.2, 0.25) is 5.91 Å². The summed E-state index contributed by atoms with van der Waals surface area (Å²) < 4.78 is 0. The van der Waals surface area contributed by atoms with E-state index in [1.165, 1.54) is 25.7 Å². The predicted octanol–water partition coefficient (Wildman–Crippen LogP) is 2.78. The second-order valence-electron chi connectivity index (χ2n) is 6.56. The predicted molar refractivity (Wildman–Crippen MR) is 71.2 cm³/mol. The zero-order valence-electron chi connectivity index (χ0n) is 11.7. The molecule has 0 aromatic rings. The summed E-state index contributed by atoms with van der Waals surface area (Å²) in [5, 5.41) is 0. The molecule has 0 unspecified atom stereocenters. The van der Waals surface area contributed by atoms with E-state index < -0.39 is 0 Å². The van der Waals surface area contributed by atoms with Crippen LogP contribution >= 0.6 is 0 Å². The van der Waals surface area contributed by atoms with Crippen LogP contribution in [0.3, 0.4) is 0 Å². The fourth-order valence-electron chi connectivity index (χ4n) is 2.71. The second-order valence-corrected chi connectivity index (χ2v) is 6.56. The number of nitrogens with zero attached hydrogens (tertiary/aromatic N) is 1. The van der Waals surface area contributed by atoms with Crippen molar-refractivity contribution in [2.24, 2.45) is 11.3 Å². The van der Waals surface area contributed by atoms with Gasteiger partial charge >= 0.3 is 0 Å². The van der Waals surface area contributed by atoms with E-state index in [4.69, 9.17) is 0 Å². The van der Waals surface area contributed by atoms with Crippen LogP contribution in [0.2, 0.25) is 0 Å². The molecule has 102 valence electrons. The lowest BCUT2D eigenvalue weighted by molar-refractivity contribution is -0.142. The highest BCUT2D eigenvalue weighted by molar-refractivity contribution is 5.90. The van der Waals surface area contributed by atoms with Gasteiger partial charge in [-0.3, -0.25) is 9.59 Å². The summed E-state index contributed by atoms with van der Waals surface area (Å²) in [6, 6.07) is 0. The van der Waals surface area contributed by atoms with Crippen molar-refractivity contribution in [2.75, 3.05) is 13.1 Å². The van der Waals surface area contributed by atoms with E-state index in [2.05, 4.69) is 0 Å². The number of carbonyl (C=O) groups excluding carboxylic acids is 2. The number of amides is 1. The molecule has 3 heteroatoms. The molecule has 2 fully saturated rings. The first-order valence-electron chi connectivity index (χ1n) is 7.30. The topological polar surface area (TPSA) is 37.4 Å². The Hall–Kier alpha value is -0.860. The smallest absolute Gasteiger partial charge is 0.222 e. The molecule has 1 aliphatic heterocycles. The normalized spacial score (nSPS) is 23.9. The standard InChI is InChI=1S/C15H25NO2/c1-15(2)9-10-16(11-13(15)17)14(18)8-4-7-12-5-3-6-12/h12H,3-11H2,1-2H3. The van der Waals surface area contributed by atoms with Gasteiger partial charge in [0.15, 0.2) is 5.78 Å². The van der Waals surface area contributed by atoms with Crippen LogP contribution in [-0.2, 0) is 9.59 Å². The molecule has 18 heavy (non-hydrogen) atoms. The van der Waals surface area contributed by atoms with Gasteiger partial charge in [0.05, 0.1) is 6.54 Å². The largest absolute Gasteiger partial charge is 0.335 e. The Balaban J connectivity index is 1.70. The van der Waals surface area contributed by atoms with E-state index in [1.54, 1.807) is 4.90 Å². The second kappa shape index (κ2) is 5.41. The lowest BCUT2D eigenvalue weighted by Crippen LogP contribution is -2.47. The molecule has 0 radical (unpaired) electrons. The molecule has 0 spiro atoms. The number of likely N-dealkylation sites (tertiary alicyclic amines) is 1. The third-order valence-corrected chi connectivity index (χ3v) is 4.68. The summed E-state index contributed by atoms with van der Waals surface area (Å²) in [5.74, 6) is 1.26. The Kier molecular flexibility index (Phi) is 4.08. The first-order chi connectivity index (χ1) is 8.49. The molecular formula is C15H25NO2. The molecule has 0 atom stereocenters. The molecule has 1 saturated heterocycles. The van der Waals surface area contributed by atoms with Crippen LogP contribution in [0.4, 0.5) is 0 Å². The molecule has 1 amide bonds. The van der Waals surface area contributed by atoms with Crippen LogP contribution in [0.5, 0.6) is 0 Å². The number of Topliss-reactive ketones (excluding diaryl/α,β-unsaturated/α-hetero) is 1. The molecule has 1 aliphatic carbocycles. The molecular weight excluding hydrogens is 226 g/mol. The van der Waals surface area contributed by atoms with Crippen molar-refractivity contribution in [1.82, 2.24) is 4.90 Å². The Labute approximate surface area is 110 Å². The van der Waals surface area contributed by atoms with Crippen molar-refractivity contribution < 1.29 is 9.59 Å². The van der Waals surface area contributed by atoms with Gasteiger partial charge < -0.3 is 4.90 Å². The number of hydrogen-bond donors (Lipinski definition) is 0. The molecule has 0 aromatic carbocycles. The molecule has 3 nitrogen and oxygen atoms in total. The average molecular weight is 251 g/mol. The van der Waals surface area contributed by atoms with Crippen molar-refractivity contribution >= 4 is 11.7 Å². The third kappa shape index (κ3) is 3.12. The van der Waals surface area contributed by atoms with Crippen LogP contribution < -0.4 is 0 Å². The monoisotopic (exact) mass is 251 g/mol. The molecule has 1 saturated carbocycles. The SMILES string of the molecule is CC1(C)CCN(C(=O)CCCC2CCC2)CC1=O. The minimum Gasteiger partial charge on any atom is -0.335 e. The molecule has 0 bridgehead atoms. The van der Waals surface area contributed by atoms with Crippen LogP contribution in [0, 0.1) is 11.3 Å². The molecule has 0 aromatic heterocycles. The first kappa shape index (κ1) is 13.6. The fraction of sp³-hybridized carbons (Fsp3) is 0.867. The molecule has 2 aliphatic rings. The van der Waals surface area contributed by atoms with Gasteiger partial charge in [0, 0.05) is 18.4 Å². The van der Waals surface area contributed by atoms with Crippen LogP contribution in [-0.4, -0.2) is 29.7 Å². The molecule has 1 heterocycles. The van der Waals surface area contributed by atoms with Gasteiger partial charge in [-0.1, -0.05) is 33.1 Å². The number of carbonyl (C=O) groups is 2. The molecule has 2 rings (SSSR count). The van der Waals surface area contributed by atoms with Gasteiger partial charge in [-0.05, 0) is 25.2 Å². The van der Waals surface area contributed by atoms with Crippen molar-refractivity contribution in [3.63, 3.8) is 0 Å². The minimum absolute atomic E-state index is 0.179. The zero-order chi connectivity index (χ0) is 13.2. The Morgan fingerprint density at radius 3 is 2.67 bits per heavy atom. The van der Waals surface area contributed by atoms with Gasteiger partial charge in [0.1, 0.15) is 0 Å². The van der Waals surface area contributed by atoms with E-state index in [0.29, 0.717) is 13.0 Å². The Bertz CT molecular complexity index is 331. The summed E-state index contributed by atoms with van der Waals surface area (Å²) in [6.45, 7) is 5.04. The van der Waals surface area contributed by atoms with E-state index >= 15 is 0 Å². The van der Waals surface area contributed by atoms with E-state index in [9.17, 15) is 9.59 Å². The zero-order valence-corrected chi connectivity index (χ0v) is 11.7. The summed E-state index contributed by atoms with van der Waals surface area (Å²) in [6.07, 6.45) is 7.70. The quantitative estimate of drug-likeness (QED) is 0.770. The van der Waals surface area contributed by atoms with Gasteiger partial charge in [-0.25, -0.2) is 0 Å².